The smallest absolute Gasteiger partial charge is 0.294 e. The summed E-state index contributed by atoms with van der Waals surface area (Å²) in [5.41, 5.74) is 0. The van der Waals surface area contributed by atoms with Crippen LogP contribution in [0.25, 0.3) is 0 Å². The maximum Gasteiger partial charge on any atom is 0.294 e. The molecule has 0 aromatic carbocycles. The zero-order valence-corrected chi connectivity index (χ0v) is 8.66. The lowest BCUT2D eigenvalue weighted by atomic mass is 10.1. The van der Waals surface area contributed by atoms with E-state index in [1.807, 2.05) is 6.92 Å². The lowest BCUT2D eigenvalue weighted by Crippen LogP contribution is -2.39. The number of allylic oxidation sites excluding steroid dienone is 1. The van der Waals surface area contributed by atoms with Crippen LogP contribution in [0.3, 0.4) is 0 Å². The fourth-order valence-electron chi connectivity index (χ4n) is 1.55. The number of amides is 1. The number of likely N-dealkylation sites (tertiary alicyclic amines) is 1. The predicted molar refractivity (Wildman–Crippen MR) is 54.9 cm³/mol. The lowest BCUT2D eigenvalue weighted by molar-refractivity contribution is -0.142. The van der Waals surface area contributed by atoms with Crippen LogP contribution in [-0.4, -0.2) is 29.7 Å². The highest BCUT2D eigenvalue weighted by Gasteiger charge is 2.20. The van der Waals surface area contributed by atoms with E-state index in [-0.39, 0.29) is 11.7 Å². The van der Waals surface area contributed by atoms with Gasteiger partial charge in [0, 0.05) is 13.1 Å². The molecule has 0 spiro atoms. The molecule has 1 fully saturated rings. The van der Waals surface area contributed by atoms with Crippen LogP contribution < -0.4 is 0 Å². The van der Waals surface area contributed by atoms with Gasteiger partial charge in [0.25, 0.3) is 5.91 Å². The summed E-state index contributed by atoms with van der Waals surface area (Å²) >= 11 is 0. The fourth-order valence-corrected chi connectivity index (χ4v) is 1.55. The van der Waals surface area contributed by atoms with Crippen LogP contribution in [0, 0.1) is 0 Å². The summed E-state index contributed by atoms with van der Waals surface area (Å²) in [5, 5.41) is 0. The molecule has 1 heterocycles. The molecule has 78 valence electrons. The monoisotopic (exact) mass is 195 g/mol. The van der Waals surface area contributed by atoms with Crippen LogP contribution in [0.1, 0.15) is 32.6 Å². The Bertz CT molecular complexity index is 240. The van der Waals surface area contributed by atoms with Crippen molar-refractivity contribution in [2.24, 2.45) is 0 Å². The maximum absolute atomic E-state index is 11.5. The first kappa shape index (κ1) is 11.0. The van der Waals surface area contributed by atoms with Crippen molar-refractivity contribution < 1.29 is 9.59 Å². The number of ketones is 1. The van der Waals surface area contributed by atoms with Gasteiger partial charge in [-0.2, -0.15) is 0 Å². The van der Waals surface area contributed by atoms with Crippen LogP contribution in [0.2, 0.25) is 0 Å². The molecule has 0 radical (unpaired) electrons. The van der Waals surface area contributed by atoms with Gasteiger partial charge >= 0.3 is 0 Å². The topological polar surface area (TPSA) is 37.4 Å². The molecule has 1 aliphatic rings. The average Bonchev–Trinajstić information content (AvgIpc) is 2.26. The molecule has 0 aliphatic carbocycles. The highest BCUT2D eigenvalue weighted by molar-refractivity contribution is 6.40. The third-order valence-electron chi connectivity index (χ3n) is 2.36. The molecular formula is C11H17NO2. The van der Waals surface area contributed by atoms with Crippen LogP contribution in [0.4, 0.5) is 0 Å². The Balaban J connectivity index is 2.46. The first-order valence-corrected chi connectivity index (χ1v) is 5.25. The van der Waals surface area contributed by atoms with Crippen LogP contribution >= 0.6 is 0 Å². The third-order valence-corrected chi connectivity index (χ3v) is 2.36. The van der Waals surface area contributed by atoms with Gasteiger partial charge in [0.05, 0.1) is 0 Å². The predicted octanol–water partition coefficient (Wildman–Crippen LogP) is 1.53. The van der Waals surface area contributed by atoms with Gasteiger partial charge in [0.2, 0.25) is 5.78 Å². The van der Waals surface area contributed by atoms with Crippen molar-refractivity contribution in [2.75, 3.05) is 13.1 Å². The van der Waals surface area contributed by atoms with E-state index in [1.54, 1.807) is 11.0 Å². The normalized spacial score (nSPS) is 17.4. The van der Waals surface area contributed by atoms with Crippen molar-refractivity contribution in [1.82, 2.24) is 4.90 Å². The van der Waals surface area contributed by atoms with E-state index < -0.39 is 0 Å². The van der Waals surface area contributed by atoms with Gasteiger partial charge in [0.15, 0.2) is 0 Å². The number of hydrogen-bond acceptors (Lipinski definition) is 2. The number of hydrogen-bond donors (Lipinski definition) is 0. The van der Waals surface area contributed by atoms with Crippen molar-refractivity contribution in [3.63, 3.8) is 0 Å². The molecule has 0 unspecified atom stereocenters. The van der Waals surface area contributed by atoms with E-state index in [1.165, 1.54) is 12.5 Å². The molecule has 1 rings (SSSR count). The molecular weight excluding hydrogens is 178 g/mol. The van der Waals surface area contributed by atoms with Crippen molar-refractivity contribution in [2.45, 2.75) is 32.6 Å². The molecule has 1 amide bonds. The summed E-state index contributed by atoms with van der Waals surface area (Å²) in [5.74, 6) is -0.719. The molecule has 0 saturated carbocycles. The summed E-state index contributed by atoms with van der Waals surface area (Å²) in [6.07, 6.45) is 7.12. The second kappa shape index (κ2) is 5.58. The number of piperidine rings is 1. The largest absolute Gasteiger partial charge is 0.336 e. The minimum Gasteiger partial charge on any atom is -0.336 e. The zero-order chi connectivity index (χ0) is 10.4. The summed E-state index contributed by atoms with van der Waals surface area (Å²) in [7, 11) is 0. The number of nitrogens with zero attached hydrogens (tertiary/aromatic N) is 1. The van der Waals surface area contributed by atoms with Gasteiger partial charge in [-0.05, 0) is 31.8 Å². The Morgan fingerprint density at radius 3 is 2.43 bits per heavy atom. The van der Waals surface area contributed by atoms with E-state index in [9.17, 15) is 9.59 Å². The molecule has 0 N–H and O–H groups in total. The van der Waals surface area contributed by atoms with Gasteiger partial charge in [0.1, 0.15) is 0 Å². The second-order valence-corrected chi connectivity index (χ2v) is 3.53. The molecule has 14 heavy (non-hydrogen) atoms. The summed E-state index contributed by atoms with van der Waals surface area (Å²) in [4.78, 5) is 24.5. The van der Waals surface area contributed by atoms with Crippen LogP contribution in [-0.2, 0) is 9.59 Å². The minimum absolute atomic E-state index is 0.339. The third kappa shape index (κ3) is 2.98. The van der Waals surface area contributed by atoms with E-state index in [4.69, 9.17) is 0 Å². The number of carbonyl (C=O) groups is 2. The highest BCUT2D eigenvalue weighted by Crippen LogP contribution is 2.09. The molecule has 0 aromatic heterocycles. The molecule has 0 aromatic rings. The Morgan fingerprint density at radius 1 is 1.21 bits per heavy atom. The Labute approximate surface area is 84.8 Å². The summed E-state index contributed by atoms with van der Waals surface area (Å²) in [6, 6.07) is 0. The van der Waals surface area contributed by atoms with Gasteiger partial charge in [-0.15, -0.1) is 0 Å². The van der Waals surface area contributed by atoms with E-state index in [0.29, 0.717) is 0 Å². The average molecular weight is 195 g/mol. The van der Waals surface area contributed by atoms with Gasteiger partial charge < -0.3 is 4.90 Å². The Hall–Kier alpha value is -1.12. The van der Waals surface area contributed by atoms with Gasteiger partial charge in [-0.3, -0.25) is 9.59 Å². The van der Waals surface area contributed by atoms with Crippen LogP contribution in [0.15, 0.2) is 12.2 Å². The first-order chi connectivity index (χ1) is 6.75. The Morgan fingerprint density at radius 2 is 1.86 bits per heavy atom. The first-order valence-electron chi connectivity index (χ1n) is 5.25. The van der Waals surface area contributed by atoms with Crippen molar-refractivity contribution >= 4 is 11.7 Å². The van der Waals surface area contributed by atoms with Crippen molar-refractivity contribution in [3.8, 4) is 0 Å². The Kier molecular flexibility index (Phi) is 4.36. The zero-order valence-electron chi connectivity index (χ0n) is 8.66. The van der Waals surface area contributed by atoms with E-state index in [2.05, 4.69) is 0 Å². The van der Waals surface area contributed by atoms with Crippen molar-refractivity contribution in [1.29, 1.82) is 0 Å². The number of rotatable bonds is 3. The van der Waals surface area contributed by atoms with Crippen molar-refractivity contribution in [3.05, 3.63) is 12.2 Å². The molecule has 1 saturated heterocycles. The van der Waals surface area contributed by atoms with Gasteiger partial charge in [-0.1, -0.05) is 13.0 Å². The molecule has 0 atom stereocenters. The summed E-state index contributed by atoms with van der Waals surface area (Å²) in [6.45, 7) is 3.42. The molecule has 3 nitrogen and oxygen atoms in total. The standard InChI is InChI=1S/C11H17NO2/c1-2-3-7-10(13)11(14)12-8-5-4-6-9-12/h3,7H,2,4-6,8-9H2,1H3/b7-3+. The highest BCUT2D eigenvalue weighted by atomic mass is 16.2. The van der Waals surface area contributed by atoms with Crippen LogP contribution in [0.5, 0.6) is 0 Å². The quantitative estimate of drug-likeness (QED) is 0.506. The molecule has 1 aliphatic heterocycles. The van der Waals surface area contributed by atoms with E-state index >= 15 is 0 Å². The van der Waals surface area contributed by atoms with E-state index in [0.717, 1.165) is 32.4 Å². The maximum atomic E-state index is 11.5. The second-order valence-electron chi connectivity index (χ2n) is 3.53. The fraction of sp³-hybridized carbons (Fsp3) is 0.636. The number of carbonyl (C=O) groups excluding carboxylic acids is 2. The minimum atomic E-state index is -0.381. The lowest BCUT2D eigenvalue weighted by Gasteiger charge is -2.25. The molecule has 0 bridgehead atoms. The SMILES string of the molecule is CC/C=C/C(=O)C(=O)N1CCCCC1. The summed E-state index contributed by atoms with van der Waals surface area (Å²) < 4.78 is 0. The molecule has 3 heteroatoms. The van der Waals surface area contributed by atoms with Gasteiger partial charge in [-0.25, -0.2) is 0 Å².